The highest BCUT2D eigenvalue weighted by Crippen LogP contribution is 2.41. The first-order valence-electron chi connectivity index (χ1n) is 5.24. The van der Waals surface area contributed by atoms with E-state index in [1.54, 1.807) is 0 Å². The van der Waals surface area contributed by atoms with Gasteiger partial charge in [-0.15, -0.1) is 0 Å². The largest absolute Gasteiger partial charge is 0.394 e. The average molecular weight is 218 g/mol. The van der Waals surface area contributed by atoms with E-state index in [1.807, 2.05) is 20.8 Å². The fraction of sp³-hybridized carbons (Fsp3) is 1.00. The van der Waals surface area contributed by atoms with Crippen LogP contribution in [0.4, 0.5) is 0 Å². The molecule has 0 aromatic rings. The highest BCUT2D eigenvalue weighted by atomic mass is 16.8. The van der Waals surface area contributed by atoms with E-state index in [4.69, 9.17) is 19.3 Å². The molecule has 2 rings (SSSR count). The second-order valence-electron chi connectivity index (χ2n) is 4.68. The van der Waals surface area contributed by atoms with E-state index in [1.165, 1.54) is 0 Å². The molecule has 0 aromatic carbocycles. The van der Waals surface area contributed by atoms with Gasteiger partial charge in [-0.05, 0) is 13.8 Å². The number of hydrogen-bond acceptors (Lipinski definition) is 5. The molecule has 0 spiro atoms. The Balaban J connectivity index is 2.05. The first-order valence-corrected chi connectivity index (χ1v) is 5.24. The molecular weight excluding hydrogens is 200 g/mol. The molecule has 1 unspecified atom stereocenters. The molecule has 2 heterocycles. The van der Waals surface area contributed by atoms with Gasteiger partial charge in [0.15, 0.2) is 12.1 Å². The van der Waals surface area contributed by atoms with Gasteiger partial charge in [0, 0.05) is 5.92 Å². The molecule has 15 heavy (non-hydrogen) atoms. The summed E-state index contributed by atoms with van der Waals surface area (Å²) in [5.74, 6) is -0.613. The van der Waals surface area contributed by atoms with Gasteiger partial charge in [-0.25, -0.2) is 0 Å². The van der Waals surface area contributed by atoms with Crippen molar-refractivity contribution < 1.29 is 24.4 Å². The van der Waals surface area contributed by atoms with Crippen LogP contribution in [0.3, 0.4) is 0 Å². The van der Waals surface area contributed by atoms with Crippen LogP contribution in [0, 0.1) is 5.92 Å². The maximum Gasteiger partial charge on any atom is 0.187 e. The molecule has 0 aliphatic carbocycles. The number of hydrogen-bond donors (Lipinski definition) is 2. The highest BCUT2D eigenvalue weighted by molar-refractivity contribution is 4.93. The van der Waals surface area contributed by atoms with Crippen molar-refractivity contribution in [3.63, 3.8) is 0 Å². The van der Waals surface area contributed by atoms with Crippen LogP contribution in [0.5, 0.6) is 0 Å². The van der Waals surface area contributed by atoms with E-state index in [0.717, 1.165) is 0 Å². The van der Waals surface area contributed by atoms with Gasteiger partial charge < -0.3 is 24.4 Å². The summed E-state index contributed by atoms with van der Waals surface area (Å²) in [6, 6.07) is 0. The number of ether oxygens (including phenoxy) is 3. The Kier molecular flexibility index (Phi) is 2.77. The number of aliphatic hydroxyl groups excluding tert-OH is 2. The van der Waals surface area contributed by atoms with Gasteiger partial charge >= 0.3 is 0 Å². The lowest BCUT2D eigenvalue weighted by molar-refractivity contribution is -0.221. The van der Waals surface area contributed by atoms with Crippen molar-refractivity contribution in [1.82, 2.24) is 0 Å². The molecule has 5 heteroatoms. The van der Waals surface area contributed by atoms with Crippen molar-refractivity contribution >= 4 is 0 Å². The van der Waals surface area contributed by atoms with Crippen LogP contribution in [0.2, 0.25) is 0 Å². The van der Waals surface area contributed by atoms with Crippen molar-refractivity contribution in [1.29, 1.82) is 0 Å². The van der Waals surface area contributed by atoms with Crippen LogP contribution < -0.4 is 0 Å². The molecule has 5 nitrogen and oxygen atoms in total. The summed E-state index contributed by atoms with van der Waals surface area (Å²) in [4.78, 5) is 0. The Hall–Kier alpha value is -0.200. The lowest BCUT2D eigenvalue weighted by Gasteiger charge is -2.25. The minimum atomic E-state index is -0.874. The highest BCUT2D eigenvalue weighted by Gasteiger charge is 2.54. The van der Waals surface area contributed by atoms with Crippen LogP contribution in [-0.4, -0.2) is 47.2 Å². The summed E-state index contributed by atoms with van der Waals surface area (Å²) in [6.45, 7) is 5.29. The van der Waals surface area contributed by atoms with Crippen LogP contribution in [0.25, 0.3) is 0 Å². The number of aliphatic hydroxyl groups is 2. The number of fused-ring (bicyclic) bond motifs is 1. The molecule has 2 fully saturated rings. The van der Waals surface area contributed by atoms with Crippen molar-refractivity contribution in [2.45, 2.75) is 51.2 Å². The minimum absolute atomic E-state index is 0.0129. The molecule has 2 aliphatic heterocycles. The summed E-state index contributed by atoms with van der Waals surface area (Å²) in [5.41, 5.74) is 0. The molecule has 2 N–H and O–H groups in total. The van der Waals surface area contributed by atoms with E-state index in [0.29, 0.717) is 0 Å². The summed E-state index contributed by atoms with van der Waals surface area (Å²) in [5, 5.41) is 18.4. The van der Waals surface area contributed by atoms with Gasteiger partial charge in [-0.1, -0.05) is 6.92 Å². The topological polar surface area (TPSA) is 68.2 Å². The Morgan fingerprint density at radius 1 is 1.33 bits per heavy atom. The smallest absolute Gasteiger partial charge is 0.187 e. The Morgan fingerprint density at radius 2 is 2.00 bits per heavy atom. The fourth-order valence-corrected chi connectivity index (χ4v) is 2.23. The van der Waals surface area contributed by atoms with E-state index in [9.17, 15) is 5.11 Å². The fourth-order valence-electron chi connectivity index (χ4n) is 2.23. The second-order valence-corrected chi connectivity index (χ2v) is 4.68. The molecule has 88 valence electrons. The Morgan fingerprint density at radius 3 is 2.53 bits per heavy atom. The zero-order chi connectivity index (χ0) is 11.2. The maximum atomic E-state index is 9.53. The summed E-state index contributed by atoms with van der Waals surface area (Å²) >= 11 is 0. The molecule has 0 amide bonds. The third kappa shape index (κ3) is 1.90. The van der Waals surface area contributed by atoms with Crippen LogP contribution in [0.15, 0.2) is 0 Å². The molecular formula is C10H18O5. The van der Waals surface area contributed by atoms with Gasteiger partial charge in [0.05, 0.1) is 12.7 Å². The third-order valence-electron chi connectivity index (χ3n) is 2.98. The molecule has 0 radical (unpaired) electrons. The van der Waals surface area contributed by atoms with Gasteiger partial charge in [0.2, 0.25) is 0 Å². The molecule has 0 bridgehead atoms. The van der Waals surface area contributed by atoms with E-state index < -0.39 is 24.3 Å². The van der Waals surface area contributed by atoms with E-state index in [-0.39, 0.29) is 18.6 Å². The predicted molar refractivity (Wildman–Crippen MR) is 51.0 cm³/mol. The van der Waals surface area contributed by atoms with Crippen LogP contribution in [0.1, 0.15) is 20.8 Å². The minimum Gasteiger partial charge on any atom is -0.394 e. The zero-order valence-corrected chi connectivity index (χ0v) is 9.21. The van der Waals surface area contributed by atoms with Gasteiger partial charge in [-0.3, -0.25) is 0 Å². The first kappa shape index (κ1) is 11.3. The monoisotopic (exact) mass is 218 g/mol. The average Bonchev–Trinajstić information content (AvgIpc) is 2.60. The summed E-state index contributed by atoms with van der Waals surface area (Å²) in [7, 11) is 0. The SMILES string of the molecule is C[C@@H]1[C@H]2OC(C)(C)O[C@H]2O[C@@H]1C(O)CO. The van der Waals surface area contributed by atoms with Gasteiger partial charge in [-0.2, -0.15) is 0 Å². The molecule has 5 atom stereocenters. The van der Waals surface area contributed by atoms with Gasteiger partial charge in [0.1, 0.15) is 12.2 Å². The molecule has 0 saturated carbocycles. The normalized spacial score (nSPS) is 45.4. The third-order valence-corrected chi connectivity index (χ3v) is 2.98. The summed E-state index contributed by atoms with van der Waals surface area (Å²) in [6.07, 6.45) is -1.88. The Bertz CT molecular complexity index is 242. The van der Waals surface area contributed by atoms with Crippen molar-refractivity contribution in [3.05, 3.63) is 0 Å². The molecule has 2 saturated heterocycles. The standard InChI is InChI=1S/C10H18O5/c1-5-7(6(12)4-11)13-9-8(5)14-10(2,3)15-9/h5-9,11-12H,4H2,1-3H3/t5-,6?,7-,8+,9+/m0/s1. The van der Waals surface area contributed by atoms with E-state index >= 15 is 0 Å². The van der Waals surface area contributed by atoms with Crippen LogP contribution in [-0.2, 0) is 14.2 Å². The number of rotatable bonds is 2. The lowest BCUT2D eigenvalue weighted by atomic mass is 9.97. The first-order chi connectivity index (χ1) is 6.94. The van der Waals surface area contributed by atoms with E-state index in [2.05, 4.69) is 0 Å². The zero-order valence-electron chi connectivity index (χ0n) is 9.21. The van der Waals surface area contributed by atoms with Crippen molar-refractivity contribution in [2.75, 3.05) is 6.61 Å². The Labute approximate surface area is 88.9 Å². The molecule has 2 aliphatic rings. The second kappa shape index (κ2) is 3.68. The van der Waals surface area contributed by atoms with Gasteiger partial charge in [0.25, 0.3) is 0 Å². The van der Waals surface area contributed by atoms with Crippen LogP contribution >= 0.6 is 0 Å². The predicted octanol–water partition coefficient (Wildman–Crippen LogP) is -0.148. The van der Waals surface area contributed by atoms with Crippen molar-refractivity contribution in [3.8, 4) is 0 Å². The lowest BCUT2D eigenvalue weighted by Crippen LogP contribution is -2.37. The maximum absolute atomic E-state index is 9.53. The summed E-state index contributed by atoms with van der Waals surface area (Å²) < 4.78 is 16.7. The van der Waals surface area contributed by atoms with Crippen molar-refractivity contribution in [2.24, 2.45) is 5.92 Å². The molecule has 0 aromatic heterocycles. The quantitative estimate of drug-likeness (QED) is 0.674.